The average molecular weight is 178 g/mol. The Labute approximate surface area is 75.2 Å². The summed E-state index contributed by atoms with van der Waals surface area (Å²) < 4.78 is 4.83. The van der Waals surface area contributed by atoms with Crippen molar-refractivity contribution in [1.29, 1.82) is 0 Å². The number of phenols is 1. The molecule has 0 amide bonds. The third-order valence-electron chi connectivity index (χ3n) is 1.61. The Morgan fingerprint density at radius 1 is 1.15 bits per heavy atom. The zero-order valence-corrected chi connectivity index (χ0v) is 6.15. The summed E-state index contributed by atoms with van der Waals surface area (Å²) >= 11 is 0. The van der Waals surface area contributed by atoms with E-state index in [-0.39, 0.29) is 13.2 Å². The summed E-state index contributed by atoms with van der Waals surface area (Å²) in [7, 11) is 0. The van der Waals surface area contributed by atoms with Crippen molar-refractivity contribution < 1.29 is 9.52 Å². The predicted octanol–water partition coefficient (Wildman–Crippen LogP) is 2.13. The molecular formula is C10H10O3. The molecule has 1 N–H and O–H groups in total. The van der Waals surface area contributed by atoms with Crippen LogP contribution in [0.3, 0.4) is 0 Å². The molecule has 0 spiro atoms. The third kappa shape index (κ3) is 1.69. The Kier molecular flexibility index (Phi) is 2.37. The number of hydrogen-bond donors (Lipinski definition) is 1. The van der Waals surface area contributed by atoms with Gasteiger partial charge in [-0.15, -0.1) is 0 Å². The van der Waals surface area contributed by atoms with Crippen molar-refractivity contribution in [2.75, 3.05) is 0 Å². The fourth-order valence-corrected chi connectivity index (χ4v) is 1.05. The molecule has 3 nitrogen and oxygen atoms in total. The molecule has 1 aromatic carbocycles. The maximum absolute atomic E-state index is 10.7. The van der Waals surface area contributed by atoms with Gasteiger partial charge in [-0.2, -0.15) is 0 Å². The largest absolute Gasteiger partial charge is 0.508 e. The second-order valence-electron chi connectivity index (χ2n) is 2.48. The molecule has 68 valence electrons. The minimum absolute atomic E-state index is 0. The van der Waals surface area contributed by atoms with Crippen LogP contribution in [0.5, 0.6) is 5.75 Å². The van der Waals surface area contributed by atoms with Crippen LogP contribution < -0.4 is 5.63 Å². The highest BCUT2D eigenvalue weighted by Gasteiger charge is 1.96. The molecule has 3 heteroatoms. The van der Waals surface area contributed by atoms with Crippen LogP contribution in [-0.4, -0.2) is 5.11 Å². The Hall–Kier alpha value is -1.77. The molecule has 0 bridgehead atoms. The second-order valence-corrected chi connectivity index (χ2v) is 2.48. The van der Waals surface area contributed by atoms with Gasteiger partial charge in [0.15, 0.2) is 0 Å². The zero-order valence-electron chi connectivity index (χ0n) is 6.15. The lowest BCUT2D eigenvalue weighted by Gasteiger charge is -1.94. The van der Waals surface area contributed by atoms with Crippen molar-refractivity contribution in [3.8, 4) is 5.75 Å². The standard InChI is InChI=1S/C9H6O3.CH4/c10-7-3-1-6-2-4-9(11)12-8(6)5-7;/h1-5,10H;1H4. The number of aromatic hydroxyl groups is 1. The van der Waals surface area contributed by atoms with Gasteiger partial charge in [-0.1, -0.05) is 7.43 Å². The van der Waals surface area contributed by atoms with Crippen LogP contribution in [0.4, 0.5) is 0 Å². The SMILES string of the molecule is C.O=c1ccc2ccc(O)cc2o1. The lowest BCUT2D eigenvalue weighted by molar-refractivity contribution is 0.473. The summed E-state index contributed by atoms with van der Waals surface area (Å²) in [5.74, 6) is 0.0943. The molecule has 13 heavy (non-hydrogen) atoms. The number of fused-ring (bicyclic) bond motifs is 1. The molecule has 0 radical (unpaired) electrons. The monoisotopic (exact) mass is 178 g/mol. The molecule has 0 aliphatic rings. The molecule has 0 fully saturated rings. The molecule has 2 aromatic rings. The van der Waals surface area contributed by atoms with E-state index in [0.717, 1.165) is 5.39 Å². The lowest BCUT2D eigenvalue weighted by Crippen LogP contribution is -1.93. The molecular weight excluding hydrogens is 168 g/mol. The number of rotatable bonds is 0. The Morgan fingerprint density at radius 2 is 1.85 bits per heavy atom. The average Bonchev–Trinajstić information content (AvgIpc) is 2.03. The molecule has 2 rings (SSSR count). The molecule has 0 saturated carbocycles. The van der Waals surface area contributed by atoms with E-state index < -0.39 is 5.63 Å². The van der Waals surface area contributed by atoms with Crippen molar-refractivity contribution in [3.05, 3.63) is 40.8 Å². The minimum Gasteiger partial charge on any atom is -0.508 e. The van der Waals surface area contributed by atoms with Gasteiger partial charge in [0.1, 0.15) is 11.3 Å². The molecule has 0 unspecified atom stereocenters. The summed E-state index contributed by atoms with van der Waals surface area (Å²) in [6.07, 6.45) is 0. The van der Waals surface area contributed by atoms with Crippen molar-refractivity contribution in [2.24, 2.45) is 0 Å². The molecule has 0 atom stereocenters. The molecule has 0 aliphatic carbocycles. The summed E-state index contributed by atoms with van der Waals surface area (Å²) in [5, 5.41) is 9.86. The van der Waals surface area contributed by atoms with Crippen LogP contribution in [0, 0.1) is 0 Å². The maximum atomic E-state index is 10.7. The fourth-order valence-electron chi connectivity index (χ4n) is 1.05. The van der Waals surface area contributed by atoms with Crippen LogP contribution in [0.25, 0.3) is 11.0 Å². The van der Waals surface area contributed by atoms with E-state index in [0.29, 0.717) is 5.58 Å². The predicted molar refractivity (Wildman–Crippen MR) is 50.9 cm³/mol. The van der Waals surface area contributed by atoms with Crippen molar-refractivity contribution in [1.82, 2.24) is 0 Å². The van der Waals surface area contributed by atoms with Crippen molar-refractivity contribution in [2.45, 2.75) is 7.43 Å². The Balaban J connectivity index is 0.000000845. The third-order valence-corrected chi connectivity index (χ3v) is 1.61. The molecule has 1 aromatic heterocycles. The highest BCUT2D eigenvalue weighted by atomic mass is 16.4. The molecule has 0 aliphatic heterocycles. The quantitative estimate of drug-likeness (QED) is 0.629. The topological polar surface area (TPSA) is 50.4 Å². The first kappa shape index (κ1) is 9.32. The maximum Gasteiger partial charge on any atom is 0.336 e. The van der Waals surface area contributed by atoms with Gasteiger partial charge < -0.3 is 9.52 Å². The Morgan fingerprint density at radius 3 is 2.62 bits per heavy atom. The first-order valence-electron chi connectivity index (χ1n) is 3.48. The summed E-state index contributed by atoms with van der Waals surface area (Å²) in [4.78, 5) is 10.7. The first-order chi connectivity index (χ1) is 5.75. The van der Waals surface area contributed by atoms with Gasteiger partial charge in [0, 0.05) is 17.5 Å². The number of benzene rings is 1. The van der Waals surface area contributed by atoms with Crippen LogP contribution in [0.15, 0.2) is 39.5 Å². The smallest absolute Gasteiger partial charge is 0.336 e. The molecule has 1 heterocycles. The van der Waals surface area contributed by atoms with Gasteiger partial charge in [0.05, 0.1) is 0 Å². The van der Waals surface area contributed by atoms with E-state index in [2.05, 4.69) is 0 Å². The van der Waals surface area contributed by atoms with E-state index in [9.17, 15) is 4.79 Å². The Bertz CT molecular complexity index is 471. The molecule has 0 saturated heterocycles. The first-order valence-corrected chi connectivity index (χ1v) is 3.48. The zero-order chi connectivity index (χ0) is 8.55. The fraction of sp³-hybridized carbons (Fsp3) is 0.100. The van der Waals surface area contributed by atoms with Crippen molar-refractivity contribution in [3.63, 3.8) is 0 Å². The van der Waals surface area contributed by atoms with E-state index >= 15 is 0 Å². The van der Waals surface area contributed by atoms with Gasteiger partial charge in [0.25, 0.3) is 0 Å². The van der Waals surface area contributed by atoms with Gasteiger partial charge >= 0.3 is 5.63 Å². The van der Waals surface area contributed by atoms with E-state index in [1.807, 2.05) is 0 Å². The highest BCUT2D eigenvalue weighted by molar-refractivity contribution is 5.77. The minimum atomic E-state index is -0.409. The number of hydrogen-bond acceptors (Lipinski definition) is 3. The van der Waals surface area contributed by atoms with Gasteiger partial charge in [-0.05, 0) is 18.2 Å². The lowest BCUT2D eigenvalue weighted by atomic mass is 10.2. The summed E-state index contributed by atoms with van der Waals surface area (Å²) in [6.45, 7) is 0. The van der Waals surface area contributed by atoms with E-state index in [4.69, 9.17) is 9.52 Å². The van der Waals surface area contributed by atoms with Crippen LogP contribution >= 0.6 is 0 Å². The van der Waals surface area contributed by atoms with E-state index in [1.165, 1.54) is 12.1 Å². The summed E-state index contributed by atoms with van der Waals surface area (Å²) in [5.41, 5.74) is -0.00407. The van der Waals surface area contributed by atoms with E-state index in [1.54, 1.807) is 18.2 Å². The van der Waals surface area contributed by atoms with Gasteiger partial charge in [-0.3, -0.25) is 0 Å². The number of phenolic OH excluding ortho intramolecular Hbond substituents is 1. The van der Waals surface area contributed by atoms with Crippen LogP contribution in [0.1, 0.15) is 7.43 Å². The summed E-state index contributed by atoms with van der Waals surface area (Å²) in [6, 6.07) is 7.65. The normalized spacial score (nSPS) is 9.54. The van der Waals surface area contributed by atoms with Crippen LogP contribution in [-0.2, 0) is 0 Å². The second kappa shape index (κ2) is 3.31. The highest BCUT2D eigenvalue weighted by Crippen LogP contribution is 2.17. The van der Waals surface area contributed by atoms with Crippen molar-refractivity contribution >= 4 is 11.0 Å². The van der Waals surface area contributed by atoms with Gasteiger partial charge in [0.2, 0.25) is 0 Å². The van der Waals surface area contributed by atoms with Gasteiger partial charge in [-0.25, -0.2) is 4.79 Å². The van der Waals surface area contributed by atoms with Crippen LogP contribution in [0.2, 0.25) is 0 Å².